The highest BCUT2D eigenvalue weighted by molar-refractivity contribution is 5.14. The van der Waals surface area contributed by atoms with Crippen LogP contribution in [0.3, 0.4) is 0 Å². The normalized spacial score (nSPS) is 26.1. The number of nitrogens with zero attached hydrogens (tertiary/aromatic N) is 2. The molecule has 3 N–H and O–H groups in total. The number of rotatable bonds is 3. The average molecular weight is 194 g/mol. The van der Waals surface area contributed by atoms with Crippen molar-refractivity contribution < 1.29 is 0 Å². The van der Waals surface area contributed by atoms with Crippen molar-refractivity contribution in [2.24, 2.45) is 24.2 Å². The van der Waals surface area contributed by atoms with Crippen molar-refractivity contribution in [2.75, 3.05) is 0 Å². The van der Waals surface area contributed by atoms with Crippen molar-refractivity contribution in [2.45, 2.75) is 26.3 Å². The summed E-state index contributed by atoms with van der Waals surface area (Å²) < 4.78 is 1.89. The Balaban J connectivity index is 2.20. The van der Waals surface area contributed by atoms with Crippen LogP contribution < -0.4 is 11.3 Å². The molecule has 2 unspecified atom stereocenters. The summed E-state index contributed by atoms with van der Waals surface area (Å²) in [4.78, 5) is 0. The van der Waals surface area contributed by atoms with E-state index in [1.54, 1.807) is 0 Å². The predicted molar refractivity (Wildman–Crippen MR) is 55.2 cm³/mol. The molecule has 0 aromatic carbocycles. The zero-order valence-corrected chi connectivity index (χ0v) is 8.99. The molecule has 0 radical (unpaired) electrons. The summed E-state index contributed by atoms with van der Waals surface area (Å²) in [7, 11) is 1.95. The molecule has 0 spiro atoms. The van der Waals surface area contributed by atoms with Gasteiger partial charge in [-0.1, -0.05) is 13.8 Å². The molecule has 1 aromatic heterocycles. The number of aromatic nitrogens is 2. The largest absolute Gasteiger partial charge is 0.271 e. The second-order valence-corrected chi connectivity index (χ2v) is 4.82. The monoisotopic (exact) mass is 194 g/mol. The number of aryl methyl sites for hydroxylation is 1. The van der Waals surface area contributed by atoms with Crippen LogP contribution in [0.2, 0.25) is 0 Å². The molecule has 0 bridgehead atoms. The zero-order valence-electron chi connectivity index (χ0n) is 8.99. The topological polar surface area (TPSA) is 55.9 Å². The fourth-order valence-corrected chi connectivity index (χ4v) is 2.17. The smallest absolute Gasteiger partial charge is 0.0662 e. The number of nitrogens with one attached hydrogen (secondary N) is 1. The molecule has 4 heteroatoms. The summed E-state index contributed by atoms with van der Waals surface area (Å²) >= 11 is 0. The third-order valence-corrected chi connectivity index (χ3v) is 3.35. The van der Waals surface area contributed by atoms with Gasteiger partial charge in [-0.15, -0.1) is 0 Å². The molecule has 0 aliphatic heterocycles. The second kappa shape index (κ2) is 3.07. The van der Waals surface area contributed by atoms with E-state index in [0.717, 1.165) is 0 Å². The Morgan fingerprint density at radius 2 is 2.36 bits per heavy atom. The van der Waals surface area contributed by atoms with Crippen LogP contribution in [-0.2, 0) is 7.05 Å². The SMILES string of the molecule is Cn1nccc1C(NN)C1CC1(C)C. The first-order valence-corrected chi connectivity index (χ1v) is 5.00. The summed E-state index contributed by atoms with van der Waals surface area (Å²) in [6.45, 7) is 4.55. The van der Waals surface area contributed by atoms with Crippen LogP contribution in [0.5, 0.6) is 0 Å². The minimum absolute atomic E-state index is 0.234. The van der Waals surface area contributed by atoms with E-state index in [4.69, 9.17) is 5.84 Å². The molecule has 1 aliphatic rings. The highest BCUT2D eigenvalue weighted by Gasteiger charge is 2.50. The highest BCUT2D eigenvalue weighted by atomic mass is 15.3. The first kappa shape index (κ1) is 9.68. The lowest BCUT2D eigenvalue weighted by Gasteiger charge is -2.17. The van der Waals surface area contributed by atoms with E-state index < -0.39 is 0 Å². The Morgan fingerprint density at radius 1 is 1.71 bits per heavy atom. The maximum absolute atomic E-state index is 5.60. The lowest BCUT2D eigenvalue weighted by Crippen LogP contribution is -2.32. The standard InChI is InChI=1S/C10H18N4/c1-10(2)6-7(10)9(13-11)8-4-5-12-14(8)3/h4-5,7,9,13H,6,11H2,1-3H3. The molecule has 1 aliphatic carbocycles. The number of hydrazine groups is 1. The Hall–Kier alpha value is -0.870. The molecule has 2 rings (SSSR count). The molecule has 0 amide bonds. The summed E-state index contributed by atoms with van der Waals surface area (Å²) in [5, 5.41) is 4.16. The van der Waals surface area contributed by atoms with E-state index in [9.17, 15) is 0 Å². The van der Waals surface area contributed by atoms with Gasteiger partial charge in [-0.05, 0) is 23.8 Å². The van der Waals surface area contributed by atoms with Crippen molar-refractivity contribution in [3.63, 3.8) is 0 Å². The maximum Gasteiger partial charge on any atom is 0.0662 e. The van der Waals surface area contributed by atoms with Crippen molar-refractivity contribution in [1.82, 2.24) is 15.2 Å². The van der Waals surface area contributed by atoms with E-state index in [1.807, 2.05) is 24.0 Å². The molecular formula is C10H18N4. The lowest BCUT2D eigenvalue weighted by atomic mass is 10.0. The van der Waals surface area contributed by atoms with Crippen molar-refractivity contribution >= 4 is 0 Å². The van der Waals surface area contributed by atoms with Crippen molar-refractivity contribution in [3.05, 3.63) is 18.0 Å². The fraction of sp³-hybridized carbons (Fsp3) is 0.700. The van der Waals surface area contributed by atoms with Gasteiger partial charge in [0.1, 0.15) is 0 Å². The molecule has 14 heavy (non-hydrogen) atoms. The van der Waals surface area contributed by atoms with Crippen molar-refractivity contribution in [1.29, 1.82) is 0 Å². The van der Waals surface area contributed by atoms with Gasteiger partial charge in [0.2, 0.25) is 0 Å². The molecule has 1 aromatic rings. The summed E-state index contributed by atoms with van der Waals surface area (Å²) in [5.41, 5.74) is 4.49. The van der Waals surface area contributed by atoms with Crippen LogP contribution in [0, 0.1) is 11.3 Å². The molecule has 1 saturated carbocycles. The first-order chi connectivity index (χ1) is 6.56. The third kappa shape index (κ3) is 1.44. The average Bonchev–Trinajstić information content (AvgIpc) is 2.55. The van der Waals surface area contributed by atoms with Gasteiger partial charge < -0.3 is 0 Å². The number of hydrogen-bond donors (Lipinski definition) is 2. The zero-order chi connectivity index (χ0) is 10.3. The minimum Gasteiger partial charge on any atom is -0.271 e. The molecule has 78 valence electrons. The van der Waals surface area contributed by atoms with Crippen LogP contribution in [-0.4, -0.2) is 9.78 Å². The quantitative estimate of drug-likeness (QED) is 0.557. The van der Waals surface area contributed by atoms with Crippen LogP contribution >= 0.6 is 0 Å². The van der Waals surface area contributed by atoms with E-state index in [2.05, 4.69) is 24.4 Å². The summed E-state index contributed by atoms with van der Waals surface area (Å²) in [6.07, 6.45) is 3.04. The van der Waals surface area contributed by atoms with Gasteiger partial charge in [-0.3, -0.25) is 16.0 Å². The van der Waals surface area contributed by atoms with Gasteiger partial charge in [-0.25, -0.2) is 0 Å². The first-order valence-electron chi connectivity index (χ1n) is 5.00. The van der Waals surface area contributed by atoms with Gasteiger partial charge >= 0.3 is 0 Å². The van der Waals surface area contributed by atoms with Crippen LogP contribution in [0.4, 0.5) is 0 Å². The molecule has 4 nitrogen and oxygen atoms in total. The third-order valence-electron chi connectivity index (χ3n) is 3.35. The Kier molecular flexibility index (Phi) is 2.12. The van der Waals surface area contributed by atoms with E-state index in [1.165, 1.54) is 12.1 Å². The molecule has 2 atom stereocenters. The maximum atomic E-state index is 5.60. The summed E-state index contributed by atoms with van der Waals surface area (Å²) in [6, 6.07) is 2.26. The summed E-state index contributed by atoms with van der Waals surface area (Å²) in [5.74, 6) is 6.23. The fourth-order valence-electron chi connectivity index (χ4n) is 2.17. The van der Waals surface area contributed by atoms with Gasteiger partial charge in [0.05, 0.1) is 11.7 Å². The minimum atomic E-state index is 0.234. The molecular weight excluding hydrogens is 176 g/mol. The molecule has 1 heterocycles. The van der Waals surface area contributed by atoms with Crippen LogP contribution in [0.25, 0.3) is 0 Å². The van der Waals surface area contributed by atoms with Gasteiger partial charge in [0.15, 0.2) is 0 Å². The van der Waals surface area contributed by atoms with Crippen LogP contribution in [0.15, 0.2) is 12.3 Å². The Bertz CT molecular complexity index is 329. The number of hydrogen-bond acceptors (Lipinski definition) is 3. The van der Waals surface area contributed by atoms with Gasteiger partial charge in [-0.2, -0.15) is 5.10 Å². The number of nitrogens with two attached hydrogens (primary N) is 1. The second-order valence-electron chi connectivity index (χ2n) is 4.82. The lowest BCUT2D eigenvalue weighted by molar-refractivity contribution is 0.402. The van der Waals surface area contributed by atoms with E-state index >= 15 is 0 Å². The molecule has 0 saturated heterocycles. The Morgan fingerprint density at radius 3 is 2.71 bits per heavy atom. The highest BCUT2D eigenvalue weighted by Crippen LogP contribution is 2.57. The van der Waals surface area contributed by atoms with E-state index in [0.29, 0.717) is 11.3 Å². The van der Waals surface area contributed by atoms with Crippen LogP contribution in [0.1, 0.15) is 32.0 Å². The Labute approximate surface area is 84.4 Å². The molecule has 1 fully saturated rings. The van der Waals surface area contributed by atoms with E-state index in [-0.39, 0.29) is 6.04 Å². The van der Waals surface area contributed by atoms with Gasteiger partial charge in [0.25, 0.3) is 0 Å². The predicted octanol–water partition coefficient (Wildman–Crippen LogP) is 0.971. The van der Waals surface area contributed by atoms with Gasteiger partial charge in [0, 0.05) is 13.2 Å². The van der Waals surface area contributed by atoms with Crippen molar-refractivity contribution in [3.8, 4) is 0 Å².